The molecule has 2 N–H and O–H groups in total. The lowest BCUT2D eigenvalue weighted by atomic mass is 10.1. The van der Waals surface area contributed by atoms with Crippen molar-refractivity contribution >= 4 is 28.8 Å². The number of carbonyl (C=O) groups excluding carboxylic acids is 2. The van der Waals surface area contributed by atoms with Gasteiger partial charge in [-0.2, -0.15) is 11.3 Å². The average molecular weight is 476 g/mol. The molecule has 2 heterocycles. The van der Waals surface area contributed by atoms with Crippen molar-refractivity contribution in [2.75, 3.05) is 12.4 Å². The van der Waals surface area contributed by atoms with Gasteiger partial charge in [-0.25, -0.2) is 4.98 Å². The van der Waals surface area contributed by atoms with Gasteiger partial charge in [-0.05, 0) is 66.8 Å². The fourth-order valence-corrected chi connectivity index (χ4v) is 3.98. The van der Waals surface area contributed by atoms with E-state index in [1.807, 2.05) is 60.8 Å². The molecule has 0 bridgehead atoms. The molecule has 2 aromatic heterocycles. The van der Waals surface area contributed by atoms with Crippen molar-refractivity contribution in [1.29, 1.82) is 0 Å². The molecule has 7 nitrogen and oxygen atoms in total. The molecular weight excluding hydrogens is 450 g/mol. The zero-order valence-corrected chi connectivity index (χ0v) is 19.8. The molecule has 0 aliphatic carbocycles. The van der Waals surface area contributed by atoms with Gasteiger partial charge in [-0.3, -0.25) is 9.59 Å². The predicted octanol–water partition coefficient (Wildman–Crippen LogP) is 5.22. The maximum atomic E-state index is 12.3. The molecule has 34 heavy (non-hydrogen) atoms. The smallest absolute Gasteiger partial charge is 0.252 e. The van der Waals surface area contributed by atoms with E-state index >= 15 is 0 Å². The summed E-state index contributed by atoms with van der Waals surface area (Å²) in [4.78, 5) is 29.0. The molecule has 0 unspecified atom stereocenters. The van der Waals surface area contributed by atoms with Crippen molar-refractivity contribution < 1.29 is 18.7 Å². The monoisotopic (exact) mass is 475 g/mol. The molecule has 0 saturated heterocycles. The zero-order chi connectivity index (χ0) is 23.9. The first-order valence-electron chi connectivity index (χ1n) is 10.8. The number of oxazole rings is 1. The summed E-state index contributed by atoms with van der Waals surface area (Å²) >= 11 is 1.48. The summed E-state index contributed by atoms with van der Waals surface area (Å²) in [5.41, 5.74) is 3.88. The number of carbonyl (C=O) groups is 2. The number of aromatic nitrogens is 1. The van der Waals surface area contributed by atoms with Crippen LogP contribution in [-0.2, 0) is 17.8 Å². The Morgan fingerprint density at radius 1 is 1.06 bits per heavy atom. The molecule has 0 spiro atoms. The number of thiophene rings is 1. The van der Waals surface area contributed by atoms with Gasteiger partial charge in [0.25, 0.3) is 5.91 Å². The van der Waals surface area contributed by atoms with Crippen LogP contribution in [0.1, 0.15) is 33.8 Å². The third-order valence-electron chi connectivity index (χ3n) is 5.31. The molecular formula is C26H25N3O4S. The first kappa shape index (κ1) is 23.3. The molecule has 0 fully saturated rings. The minimum absolute atomic E-state index is 0.0563. The average Bonchev–Trinajstić information content (AvgIpc) is 3.52. The number of anilines is 1. The summed E-state index contributed by atoms with van der Waals surface area (Å²) in [5, 5.41) is 9.44. The molecule has 4 rings (SSSR count). The maximum absolute atomic E-state index is 12.3. The SMILES string of the molecule is COc1ccc(CCC(=O)Nc2ccc(-c3nc(CNC(=O)c4ccsc4)c(C)o3)cc2)cc1. The van der Waals surface area contributed by atoms with Crippen LogP contribution in [0, 0.1) is 6.92 Å². The van der Waals surface area contributed by atoms with Crippen molar-refractivity contribution in [1.82, 2.24) is 10.3 Å². The Balaban J connectivity index is 1.30. The third-order valence-corrected chi connectivity index (χ3v) is 5.99. The first-order chi connectivity index (χ1) is 16.5. The quantitative estimate of drug-likeness (QED) is 0.346. The minimum atomic E-state index is -0.141. The van der Waals surface area contributed by atoms with Crippen LogP contribution in [0.4, 0.5) is 5.69 Å². The Morgan fingerprint density at radius 3 is 2.50 bits per heavy atom. The number of hydrogen-bond acceptors (Lipinski definition) is 6. The highest BCUT2D eigenvalue weighted by Crippen LogP contribution is 2.24. The fourth-order valence-electron chi connectivity index (χ4n) is 3.34. The second-order valence-electron chi connectivity index (χ2n) is 7.69. The highest BCUT2D eigenvalue weighted by Gasteiger charge is 2.14. The number of nitrogens with zero attached hydrogens (tertiary/aromatic N) is 1. The molecule has 0 radical (unpaired) electrons. The number of methoxy groups -OCH3 is 1. The number of nitrogens with one attached hydrogen (secondary N) is 2. The Bertz CT molecular complexity index is 1250. The van der Waals surface area contributed by atoms with Gasteiger partial charge in [0.2, 0.25) is 11.8 Å². The van der Waals surface area contributed by atoms with E-state index in [0.29, 0.717) is 41.4 Å². The number of rotatable bonds is 9. The largest absolute Gasteiger partial charge is 0.497 e. The van der Waals surface area contributed by atoms with E-state index in [2.05, 4.69) is 15.6 Å². The molecule has 2 amide bonds. The lowest BCUT2D eigenvalue weighted by Gasteiger charge is -2.06. The van der Waals surface area contributed by atoms with Crippen LogP contribution in [0.3, 0.4) is 0 Å². The predicted molar refractivity (Wildman–Crippen MR) is 132 cm³/mol. The molecule has 0 aliphatic rings. The maximum Gasteiger partial charge on any atom is 0.252 e. The van der Waals surface area contributed by atoms with Gasteiger partial charge >= 0.3 is 0 Å². The van der Waals surface area contributed by atoms with E-state index in [-0.39, 0.29) is 18.4 Å². The van der Waals surface area contributed by atoms with Crippen LogP contribution in [0.2, 0.25) is 0 Å². The first-order valence-corrected chi connectivity index (χ1v) is 11.8. The standard InChI is InChI=1S/C26H25N3O4S/c1-17-23(15-27-25(31)20-13-14-34-16-20)29-26(33-17)19-6-8-21(9-7-19)28-24(30)12-5-18-3-10-22(32-2)11-4-18/h3-4,6-11,13-14,16H,5,12,15H2,1-2H3,(H,27,31)(H,28,30). The van der Waals surface area contributed by atoms with E-state index in [4.69, 9.17) is 9.15 Å². The van der Waals surface area contributed by atoms with Gasteiger partial charge in [-0.1, -0.05) is 12.1 Å². The molecule has 0 saturated carbocycles. The number of hydrogen-bond donors (Lipinski definition) is 2. The fraction of sp³-hybridized carbons (Fsp3) is 0.192. The van der Waals surface area contributed by atoms with Crippen LogP contribution in [0.15, 0.2) is 69.8 Å². The highest BCUT2D eigenvalue weighted by atomic mass is 32.1. The van der Waals surface area contributed by atoms with Gasteiger partial charge in [0.05, 0.1) is 13.7 Å². The Kier molecular flexibility index (Phi) is 7.39. The van der Waals surface area contributed by atoms with Crippen LogP contribution in [0.5, 0.6) is 5.75 Å². The number of amides is 2. The summed E-state index contributed by atoms with van der Waals surface area (Å²) in [6, 6.07) is 16.8. The highest BCUT2D eigenvalue weighted by molar-refractivity contribution is 7.08. The van der Waals surface area contributed by atoms with Gasteiger partial charge in [0.1, 0.15) is 17.2 Å². The van der Waals surface area contributed by atoms with Crippen molar-refractivity contribution in [2.45, 2.75) is 26.3 Å². The summed E-state index contributed by atoms with van der Waals surface area (Å²) in [6.45, 7) is 2.10. The second-order valence-corrected chi connectivity index (χ2v) is 8.47. The second kappa shape index (κ2) is 10.8. The Hall–Kier alpha value is -3.91. The van der Waals surface area contributed by atoms with Crippen LogP contribution in [-0.4, -0.2) is 23.9 Å². The number of benzene rings is 2. The summed E-state index contributed by atoms with van der Waals surface area (Å²) in [6.07, 6.45) is 1.03. The third kappa shape index (κ3) is 5.90. The van der Waals surface area contributed by atoms with Crippen molar-refractivity contribution in [2.24, 2.45) is 0 Å². The molecule has 174 valence electrons. The molecule has 0 aliphatic heterocycles. The van der Waals surface area contributed by atoms with Crippen LogP contribution < -0.4 is 15.4 Å². The van der Waals surface area contributed by atoms with Crippen molar-refractivity contribution in [3.63, 3.8) is 0 Å². The number of ether oxygens (including phenoxy) is 1. The van der Waals surface area contributed by atoms with Gasteiger partial charge in [-0.15, -0.1) is 0 Å². The molecule has 4 aromatic rings. The van der Waals surface area contributed by atoms with E-state index in [9.17, 15) is 9.59 Å². The van der Waals surface area contributed by atoms with Crippen molar-refractivity contribution in [3.8, 4) is 17.2 Å². The lowest BCUT2D eigenvalue weighted by molar-refractivity contribution is -0.116. The molecule has 2 aromatic carbocycles. The van der Waals surface area contributed by atoms with Crippen molar-refractivity contribution in [3.05, 3.63) is 87.9 Å². The van der Waals surface area contributed by atoms with Crippen LogP contribution >= 0.6 is 11.3 Å². The summed E-state index contributed by atoms with van der Waals surface area (Å²) < 4.78 is 10.9. The van der Waals surface area contributed by atoms with E-state index < -0.39 is 0 Å². The zero-order valence-electron chi connectivity index (χ0n) is 19.0. The van der Waals surface area contributed by atoms with Gasteiger partial charge in [0.15, 0.2) is 0 Å². The van der Waals surface area contributed by atoms with E-state index in [1.165, 1.54) is 11.3 Å². The van der Waals surface area contributed by atoms with Gasteiger partial charge < -0.3 is 19.8 Å². The lowest BCUT2D eigenvalue weighted by Crippen LogP contribution is -2.22. The minimum Gasteiger partial charge on any atom is -0.497 e. The van der Waals surface area contributed by atoms with E-state index in [0.717, 1.165) is 16.9 Å². The Labute approximate surface area is 201 Å². The molecule has 0 atom stereocenters. The topological polar surface area (TPSA) is 93.5 Å². The summed E-state index contributed by atoms with van der Waals surface area (Å²) in [7, 11) is 1.63. The van der Waals surface area contributed by atoms with Crippen LogP contribution in [0.25, 0.3) is 11.5 Å². The Morgan fingerprint density at radius 2 is 1.82 bits per heavy atom. The van der Waals surface area contributed by atoms with E-state index in [1.54, 1.807) is 18.6 Å². The molecule has 8 heteroatoms. The number of aryl methyl sites for hydroxylation is 2. The normalized spacial score (nSPS) is 10.6. The van der Waals surface area contributed by atoms with Gasteiger partial charge in [0, 0.05) is 28.6 Å². The summed E-state index contributed by atoms with van der Waals surface area (Å²) in [5.74, 6) is 1.72.